The summed E-state index contributed by atoms with van der Waals surface area (Å²) in [6.07, 6.45) is 5.91. The van der Waals surface area contributed by atoms with Gasteiger partial charge in [-0.3, -0.25) is 14.6 Å². The fraction of sp³-hybridized carbons (Fsp3) is 0.250. The van der Waals surface area contributed by atoms with Crippen LogP contribution >= 0.6 is 0 Å². The first-order valence-corrected chi connectivity index (χ1v) is 10.7. The van der Waals surface area contributed by atoms with Crippen molar-refractivity contribution in [3.05, 3.63) is 70.9 Å². The number of nitrogens with one attached hydrogen (secondary N) is 3. The van der Waals surface area contributed by atoms with E-state index < -0.39 is 0 Å². The Morgan fingerprint density at radius 1 is 1.00 bits per heavy atom. The highest BCUT2D eigenvalue weighted by atomic mass is 16.3. The number of aliphatic hydroxyl groups is 1. The first kappa shape index (κ1) is 20.1. The molecule has 1 aliphatic carbocycles. The monoisotopic (exact) mass is 429 g/mol. The van der Waals surface area contributed by atoms with Crippen LogP contribution in [0.25, 0.3) is 33.5 Å². The Kier molecular flexibility index (Phi) is 5.28. The number of benzene rings is 1. The zero-order valence-electron chi connectivity index (χ0n) is 17.3. The molecule has 8 nitrogen and oxygen atoms in total. The summed E-state index contributed by atoms with van der Waals surface area (Å²) in [6.45, 7) is 0. The molecule has 1 saturated carbocycles. The topological polar surface area (TPSA) is 124 Å². The highest BCUT2D eigenvalue weighted by Crippen LogP contribution is 2.26. The number of aromatic amines is 2. The second-order valence-corrected chi connectivity index (χ2v) is 8.16. The van der Waals surface area contributed by atoms with E-state index in [1.165, 1.54) is 6.33 Å². The Labute approximate surface area is 183 Å². The van der Waals surface area contributed by atoms with Crippen molar-refractivity contribution in [3.63, 3.8) is 0 Å². The Morgan fingerprint density at radius 2 is 1.78 bits per heavy atom. The lowest BCUT2D eigenvalue weighted by molar-refractivity contribution is 0.0867. The van der Waals surface area contributed by atoms with Crippen molar-refractivity contribution < 1.29 is 9.90 Å². The summed E-state index contributed by atoms with van der Waals surface area (Å²) in [4.78, 5) is 38.9. The number of aromatic nitrogens is 4. The normalized spacial score (nSPS) is 18.5. The van der Waals surface area contributed by atoms with E-state index in [1.807, 2.05) is 24.3 Å². The molecule has 4 aromatic rings. The number of fused-ring (bicyclic) bond motifs is 1. The average Bonchev–Trinajstić information content (AvgIpc) is 3.27. The van der Waals surface area contributed by atoms with E-state index in [-0.39, 0.29) is 23.6 Å². The highest BCUT2D eigenvalue weighted by molar-refractivity contribution is 5.95. The number of carbonyl (C=O) groups is 1. The van der Waals surface area contributed by atoms with Gasteiger partial charge in [0.05, 0.1) is 23.5 Å². The molecule has 8 heteroatoms. The molecule has 1 amide bonds. The van der Waals surface area contributed by atoms with Gasteiger partial charge in [-0.2, -0.15) is 0 Å². The minimum Gasteiger partial charge on any atom is -0.393 e. The molecule has 162 valence electrons. The third kappa shape index (κ3) is 4.04. The quantitative estimate of drug-likeness (QED) is 0.397. The summed E-state index contributed by atoms with van der Waals surface area (Å²) in [7, 11) is 0. The number of carbonyl (C=O) groups excluding carboxylic acids is 1. The van der Waals surface area contributed by atoms with Crippen LogP contribution in [-0.2, 0) is 0 Å². The van der Waals surface area contributed by atoms with Gasteiger partial charge in [0, 0.05) is 34.6 Å². The Bertz CT molecular complexity index is 1320. The number of hydrogen-bond donors (Lipinski definition) is 4. The third-order valence-corrected chi connectivity index (χ3v) is 5.98. The van der Waals surface area contributed by atoms with Crippen molar-refractivity contribution in [2.45, 2.75) is 37.8 Å². The van der Waals surface area contributed by atoms with Crippen molar-refractivity contribution in [1.82, 2.24) is 25.3 Å². The van der Waals surface area contributed by atoms with Gasteiger partial charge in [-0.05, 0) is 56.0 Å². The number of amides is 1. The van der Waals surface area contributed by atoms with E-state index in [0.717, 1.165) is 48.2 Å². The number of nitrogens with zero attached hydrogens (tertiary/aromatic N) is 2. The van der Waals surface area contributed by atoms with Crippen LogP contribution in [-0.4, -0.2) is 43.1 Å². The molecular formula is C24H23N5O3. The lowest BCUT2D eigenvalue weighted by Gasteiger charge is -2.26. The Balaban J connectivity index is 1.34. The average molecular weight is 429 g/mol. The standard InChI is InChI=1S/C24H23N5O3/c30-18-7-5-17(6-8-18)28-23(31)15-3-1-14(2-4-15)20-11-16(9-10-25-20)21-12-19-22(29-21)26-13-27-24(19)32/h1-4,9-13,17-18,30H,5-8H2,(H,28,31)(H2,26,27,29,32). The predicted molar refractivity (Wildman–Crippen MR) is 121 cm³/mol. The molecule has 0 unspecified atom stereocenters. The van der Waals surface area contributed by atoms with E-state index in [9.17, 15) is 14.7 Å². The van der Waals surface area contributed by atoms with Crippen molar-refractivity contribution >= 4 is 16.9 Å². The minimum atomic E-state index is -0.244. The second kappa shape index (κ2) is 8.39. The van der Waals surface area contributed by atoms with Crippen LogP contribution < -0.4 is 10.9 Å². The maximum absolute atomic E-state index is 12.6. The summed E-state index contributed by atoms with van der Waals surface area (Å²) >= 11 is 0. The molecule has 1 aromatic carbocycles. The molecule has 3 aromatic heterocycles. The molecule has 3 heterocycles. The summed E-state index contributed by atoms with van der Waals surface area (Å²) in [6, 6.07) is 13.0. The molecule has 1 fully saturated rings. The van der Waals surface area contributed by atoms with Gasteiger partial charge in [0.15, 0.2) is 0 Å². The van der Waals surface area contributed by atoms with Gasteiger partial charge in [0.2, 0.25) is 0 Å². The third-order valence-electron chi connectivity index (χ3n) is 5.98. The van der Waals surface area contributed by atoms with Crippen molar-refractivity contribution in [2.75, 3.05) is 0 Å². The maximum Gasteiger partial charge on any atom is 0.260 e. The fourth-order valence-electron chi connectivity index (χ4n) is 4.14. The van der Waals surface area contributed by atoms with Crippen LogP contribution in [0.4, 0.5) is 0 Å². The van der Waals surface area contributed by atoms with Crippen LogP contribution in [0.3, 0.4) is 0 Å². The smallest absolute Gasteiger partial charge is 0.260 e. The van der Waals surface area contributed by atoms with Crippen molar-refractivity contribution in [1.29, 1.82) is 0 Å². The molecule has 32 heavy (non-hydrogen) atoms. The molecule has 0 bridgehead atoms. The first-order chi connectivity index (χ1) is 15.6. The zero-order valence-corrected chi connectivity index (χ0v) is 17.3. The van der Waals surface area contributed by atoms with E-state index in [4.69, 9.17) is 0 Å². The molecule has 0 spiro atoms. The van der Waals surface area contributed by atoms with Crippen LogP contribution in [0.1, 0.15) is 36.0 Å². The van der Waals surface area contributed by atoms with Gasteiger partial charge in [-0.25, -0.2) is 4.98 Å². The van der Waals surface area contributed by atoms with Crippen LogP contribution in [0.2, 0.25) is 0 Å². The van der Waals surface area contributed by atoms with Gasteiger partial charge in [0.25, 0.3) is 11.5 Å². The fourth-order valence-corrected chi connectivity index (χ4v) is 4.14. The number of hydrogen-bond acceptors (Lipinski definition) is 5. The predicted octanol–water partition coefficient (Wildman–Crippen LogP) is 3.01. The van der Waals surface area contributed by atoms with Crippen molar-refractivity contribution in [3.8, 4) is 22.5 Å². The maximum atomic E-state index is 12.6. The molecule has 0 saturated heterocycles. The number of H-pyrrole nitrogens is 2. The van der Waals surface area contributed by atoms with E-state index >= 15 is 0 Å². The molecule has 1 aliphatic rings. The zero-order chi connectivity index (χ0) is 22.1. The van der Waals surface area contributed by atoms with Gasteiger partial charge in [-0.15, -0.1) is 0 Å². The minimum absolute atomic E-state index is 0.101. The van der Waals surface area contributed by atoms with Crippen LogP contribution in [0.5, 0.6) is 0 Å². The molecule has 5 rings (SSSR count). The highest BCUT2D eigenvalue weighted by Gasteiger charge is 2.21. The first-order valence-electron chi connectivity index (χ1n) is 10.7. The molecule has 0 atom stereocenters. The number of rotatable bonds is 4. The van der Waals surface area contributed by atoms with Gasteiger partial charge in [0.1, 0.15) is 5.65 Å². The van der Waals surface area contributed by atoms with Gasteiger partial charge >= 0.3 is 0 Å². The van der Waals surface area contributed by atoms with E-state index in [2.05, 4.69) is 25.3 Å². The lowest BCUT2D eigenvalue weighted by Crippen LogP contribution is -2.38. The molecule has 0 aliphatic heterocycles. The Hall–Kier alpha value is -3.78. The number of pyridine rings is 1. The van der Waals surface area contributed by atoms with E-state index in [0.29, 0.717) is 16.6 Å². The summed E-state index contributed by atoms with van der Waals surface area (Å²) in [5, 5.41) is 13.2. The molecular weight excluding hydrogens is 406 g/mol. The summed E-state index contributed by atoms with van der Waals surface area (Å²) in [5.74, 6) is -0.101. The number of aliphatic hydroxyl groups excluding tert-OH is 1. The molecule has 0 radical (unpaired) electrons. The summed E-state index contributed by atoms with van der Waals surface area (Å²) < 4.78 is 0. The molecule has 4 N–H and O–H groups in total. The lowest BCUT2D eigenvalue weighted by atomic mass is 9.93. The summed E-state index contributed by atoms with van der Waals surface area (Å²) in [5.41, 5.74) is 4.25. The van der Waals surface area contributed by atoms with Crippen LogP contribution in [0.15, 0.2) is 59.8 Å². The van der Waals surface area contributed by atoms with E-state index in [1.54, 1.807) is 24.4 Å². The van der Waals surface area contributed by atoms with Gasteiger partial charge < -0.3 is 20.4 Å². The largest absolute Gasteiger partial charge is 0.393 e. The van der Waals surface area contributed by atoms with Crippen LogP contribution in [0, 0.1) is 0 Å². The van der Waals surface area contributed by atoms with Gasteiger partial charge in [-0.1, -0.05) is 12.1 Å². The SMILES string of the molecule is O=C(NC1CCC(O)CC1)c1ccc(-c2cc(-c3cc4c(=O)[nH]cnc4[nH]3)ccn2)cc1. The Morgan fingerprint density at radius 3 is 2.53 bits per heavy atom. The second-order valence-electron chi connectivity index (χ2n) is 8.16. The van der Waals surface area contributed by atoms with Crippen molar-refractivity contribution in [2.24, 2.45) is 0 Å².